The van der Waals surface area contributed by atoms with Crippen molar-refractivity contribution in [1.29, 1.82) is 5.26 Å². The van der Waals surface area contributed by atoms with Crippen molar-refractivity contribution in [3.8, 4) is 6.07 Å². The number of likely N-dealkylation sites (tertiary alicyclic amines) is 1. The fourth-order valence-corrected chi connectivity index (χ4v) is 2.02. The van der Waals surface area contributed by atoms with Crippen LogP contribution in [-0.4, -0.2) is 31.1 Å². The number of hydrogen-bond acceptors (Lipinski definition) is 3. The molecule has 90 valence electrons. The first-order valence-corrected chi connectivity index (χ1v) is 5.45. The number of anilines is 1. The summed E-state index contributed by atoms with van der Waals surface area (Å²) in [5.74, 6) is -2.05. The van der Waals surface area contributed by atoms with Crippen LogP contribution in [0.4, 0.5) is 14.5 Å². The summed E-state index contributed by atoms with van der Waals surface area (Å²) in [5, 5.41) is 11.5. The van der Waals surface area contributed by atoms with Crippen molar-refractivity contribution < 1.29 is 8.78 Å². The van der Waals surface area contributed by atoms with Crippen LogP contribution in [0.3, 0.4) is 0 Å². The summed E-state index contributed by atoms with van der Waals surface area (Å²) in [6.07, 6.45) is 0.900. The summed E-state index contributed by atoms with van der Waals surface area (Å²) in [7, 11) is 1.98. The molecule has 0 aliphatic carbocycles. The van der Waals surface area contributed by atoms with Crippen LogP contribution in [-0.2, 0) is 0 Å². The molecule has 1 unspecified atom stereocenters. The highest BCUT2D eigenvalue weighted by Gasteiger charge is 2.21. The van der Waals surface area contributed by atoms with Crippen LogP contribution in [0.25, 0.3) is 0 Å². The van der Waals surface area contributed by atoms with E-state index < -0.39 is 11.6 Å². The van der Waals surface area contributed by atoms with Crippen molar-refractivity contribution in [3.05, 3.63) is 29.3 Å². The standard InChI is InChI=1S/C12H13F2N3/c1-17-5-4-9(7-17)16-10-3-2-8(6-15)11(13)12(10)14/h2-3,9,16H,4-5,7H2,1H3. The largest absolute Gasteiger partial charge is 0.379 e. The first-order chi connectivity index (χ1) is 8.11. The molecule has 0 radical (unpaired) electrons. The predicted octanol–water partition coefficient (Wildman–Crippen LogP) is 1.95. The number of nitriles is 1. The molecule has 0 bridgehead atoms. The van der Waals surface area contributed by atoms with Gasteiger partial charge in [0.15, 0.2) is 11.6 Å². The summed E-state index contributed by atoms with van der Waals surface area (Å²) in [5.41, 5.74) is -0.140. The molecule has 1 aliphatic rings. The maximum atomic E-state index is 13.6. The van der Waals surface area contributed by atoms with Gasteiger partial charge in [0.25, 0.3) is 0 Å². The van der Waals surface area contributed by atoms with Gasteiger partial charge in [-0.15, -0.1) is 0 Å². The molecular weight excluding hydrogens is 224 g/mol. The Kier molecular flexibility index (Phi) is 3.25. The van der Waals surface area contributed by atoms with Gasteiger partial charge in [-0.3, -0.25) is 0 Å². The van der Waals surface area contributed by atoms with Gasteiger partial charge >= 0.3 is 0 Å². The lowest BCUT2D eigenvalue weighted by molar-refractivity contribution is 0.413. The molecule has 0 spiro atoms. The van der Waals surface area contributed by atoms with Gasteiger partial charge in [0.05, 0.1) is 11.3 Å². The van der Waals surface area contributed by atoms with E-state index >= 15 is 0 Å². The van der Waals surface area contributed by atoms with E-state index in [0.29, 0.717) is 0 Å². The Balaban J connectivity index is 2.17. The van der Waals surface area contributed by atoms with Crippen molar-refractivity contribution in [2.45, 2.75) is 12.5 Å². The Morgan fingerprint density at radius 2 is 2.18 bits per heavy atom. The number of likely N-dealkylation sites (N-methyl/N-ethyl adjacent to an activating group) is 1. The van der Waals surface area contributed by atoms with Gasteiger partial charge < -0.3 is 10.2 Å². The second kappa shape index (κ2) is 4.68. The van der Waals surface area contributed by atoms with E-state index in [1.165, 1.54) is 12.1 Å². The van der Waals surface area contributed by atoms with Gasteiger partial charge in [0, 0.05) is 12.6 Å². The van der Waals surface area contributed by atoms with E-state index in [2.05, 4.69) is 10.2 Å². The second-order valence-corrected chi connectivity index (χ2v) is 4.29. The quantitative estimate of drug-likeness (QED) is 0.854. The Bertz CT molecular complexity index is 468. The van der Waals surface area contributed by atoms with E-state index in [1.54, 1.807) is 6.07 Å². The highest BCUT2D eigenvalue weighted by atomic mass is 19.2. The summed E-state index contributed by atoms with van der Waals surface area (Å²) < 4.78 is 27.0. The first-order valence-electron chi connectivity index (χ1n) is 5.45. The number of hydrogen-bond donors (Lipinski definition) is 1. The molecule has 1 saturated heterocycles. The Hall–Kier alpha value is -1.67. The van der Waals surface area contributed by atoms with Gasteiger partial charge in [0.2, 0.25) is 0 Å². The van der Waals surface area contributed by atoms with Crippen molar-refractivity contribution in [3.63, 3.8) is 0 Å². The van der Waals surface area contributed by atoms with E-state index in [4.69, 9.17) is 5.26 Å². The SMILES string of the molecule is CN1CCC(Nc2ccc(C#N)c(F)c2F)C1. The molecular formula is C12H13F2N3. The lowest BCUT2D eigenvalue weighted by Gasteiger charge is -2.15. The second-order valence-electron chi connectivity index (χ2n) is 4.29. The zero-order valence-corrected chi connectivity index (χ0v) is 9.50. The zero-order valence-electron chi connectivity index (χ0n) is 9.50. The number of benzene rings is 1. The molecule has 1 N–H and O–H groups in total. The van der Waals surface area contributed by atoms with Crippen molar-refractivity contribution in [2.24, 2.45) is 0 Å². The first kappa shape index (κ1) is 11.8. The maximum absolute atomic E-state index is 13.6. The fourth-order valence-electron chi connectivity index (χ4n) is 2.02. The third-order valence-electron chi connectivity index (χ3n) is 2.95. The van der Waals surface area contributed by atoms with Crippen LogP contribution in [0.2, 0.25) is 0 Å². The molecule has 17 heavy (non-hydrogen) atoms. The average molecular weight is 237 g/mol. The lowest BCUT2D eigenvalue weighted by atomic mass is 10.1. The average Bonchev–Trinajstić information content (AvgIpc) is 2.71. The molecule has 1 fully saturated rings. The van der Waals surface area contributed by atoms with Crippen molar-refractivity contribution >= 4 is 5.69 Å². The normalized spacial score (nSPS) is 20.2. The monoisotopic (exact) mass is 237 g/mol. The minimum Gasteiger partial charge on any atom is -0.379 e. The number of nitrogens with zero attached hydrogens (tertiary/aromatic N) is 2. The summed E-state index contributed by atoms with van der Waals surface area (Å²) >= 11 is 0. The van der Waals surface area contributed by atoms with Crippen molar-refractivity contribution in [2.75, 3.05) is 25.5 Å². The summed E-state index contributed by atoms with van der Waals surface area (Å²) in [6, 6.07) is 4.44. The van der Waals surface area contributed by atoms with Gasteiger partial charge in [0.1, 0.15) is 6.07 Å². The molecule has 0 aromatic heterocycles. The van der Waals surface area contributed by atoms with Gasteiger partial charge in [-0.05, 0) is 32.1 Å². The predicted molar refractivity (Wildman–Crippen MR) is 60.6 cm³/mol. The van der Waals surface area contributed by atoms with Crippen LogP contribution < -0.4 is 5.32 Å². The van der Waals surface area contributed by atoms with Crippen LogP contribution in [0.1, 0.15) is 12.0 Å². The Labute approximate surface area is 98.6 Å². The number of rotatable bonds is 2. The molecule has 0 saturated carbocycles. The van der Waals surface area contributed by atoms with Gasteiger partial charge in [-0.2, -0.15) is 5.26 Å². The van der Waals surface area contributed by atoms with Crippen molar-refractivity contribution in [1.82, 2.24) is 4.90 Å². The van der Waals surface area contributed by atoms with E-state index in [-0.39, 0.29) is 17.3 Å². The van der Waals surface area contributed by atoms with Crippen LogP contribution in [0.5, 0.6) is 0 Å². The third kappa shape index (κ3) is 2.37. The highest BCUT2D eigenvalue weighted by molar-refractivity contribution is 5.50. The molecule has 2 rings (SSSR count). The van der Waals surface area contributed by atoms with E-state index in [0.717, 1.165) is 19.5 Å². The summed E-state index contributed by atoms with van der Waals surface area (Å²) in [6.45, 7) is 1.75. The Morgan fingerprint density at radius 3 is 2.76 bits per heavy atom. The summed E-state index contributed by atoms with van der Waals surface area (Å²) in [4.78, 5) is 2.12. The van der Waals surface area contributed by atoms with Gasteiger partial charge in [-0.1, -0.05) is 0 Å². The molecule has 1 aliphatic heterocycles. The molecule has 1 heterocycles. The highest BCUT2D eigenvalue weighted by Crippen LogP contribution is 2.22. The number of halogens is 2. The van der Waals surface area contributed by atoms with Gasteiger partial charge in [-0.25, -0.2) is 8.78 Å². The molecule has 5 heteroatoms. The lowest BCUT2D eigenvalue weighted by Crippen LogP contribution is -2.24. The smallest absolute Gasteiger partial charge is 0.183 e. The van der Waals surface area contributed by atoms with E-state index in [9.17, 15) is 8.78 Å². The minimum absolute atomic E-state index is 0.127. The third-order valence-corrected chi connectivity index (χ3v) is 2.95. The molecule has 1 aromatic rings. The molecule has 1 aromatic carbocycles. The maximum Gasteiger partial charge on any atom is 0.183 e. The Morgan fingerprint density at radius 1 is 1.41 bits per heavy atom. The van der Waals surface area contributed by atoms with Crippen LogP contribution >= 0.6 is 0 Å². The molecule has 1 atom stereocenters. The minimum atomic E-state index is -1.08. The fraction of sp³-hybridized carbons (Fsp3) is 0.417. The van der Waals surface area contributed by atoms with E-state index in [1.807, 2.05) is 7.05 Å². The zero-order chi connectivity index (χ0) is 12.4. The number of nitrogens with one attached hydrogen (secondary N) is 1. The van der Waals surface area contributed by atoms with Crippen LogP contribution in [0.15, 0.2) is 12.1 Å². The van der Waals surface area contributed by atoms with Crippen LogP contribution in [0, 0.1) is 23.0 Å². The molecule has 0 amide bonds. The topological polar surface area (TPSA) is 39.1 Å². The molecule has 3 nitrogen and oxygen atoms in total.